The molecule has 0 radical (unpaired) electrons. The van der Waals surface area contributed by atoms with Gasteiger partial charge in [0.2, 0.25) is 17.7 Å². The molecule has 1 N–H and O–H groups in total. The van der Waals surface area contributed by atoms with Gasteiger partial charge in [0.15, 0.2) is 0 Å². The van der Waals surface area contributed by atoms with Crippen LogP contribution in [-0.2, 0) is 24.7 Å². The number of hydrogen-bond acceptors (Lipinski definition) is 7. The number of aryl methyl sites for hydroxylation is 2. The third-order valence-electron chi connectivity index (χ3n) is 8.20. The molecule has 0 unspecified atom stereocenters. The summed E-state index contributed by atoms with van der Waals surface area (Å²) >= 11 is 1.24. The highest BCUT2D eigenvalue weighted by Gasteiger charge is 2.75. The van der Waals surface area contributed by atoms with Crippen molar-refractivity contribution < 1.29 is 23.9 Å². The van der Waals surface area contributed by atoms with E-state index in [1.54, 1.807) is 6.92 Å². The third kappa shape index (κ3) is 2.31. The van der Waals surface area contributed by atoms with E-state index in [1.165, 1.54) is 23.3 Å². The first kappa shape index (κ1) is 21.5. The average Bonchev–Trinajstić information content (AvgIpc) is 3.56. The largest absolute Gasteiger partial charge is 0.465 e. The fourth-order valence-electron chi connectivity index (χ4n) is 6.69. The molecule has 4 atom stereocenters. The minimum Gasteiger partial charge on any atom is -0.465 e. The fourth-order valence-corrected chi connectivity index (χ4v) is 7.84. The maximum absolute atomic E-state index is 14.2. The number of imide groups is 1. The summed E-state index contributed by atoms with van der Waals surface area (Å²) in [6.07, 6.45) is 1.60. The Hall–Kier alpha value is -3.04. The number of nitrogens with one attached hydrogen (secondary N) is 1. The quantitative estimate of drug-likeness (QED) is 0.526. The third-order valence-corrected chi connectivity index (χ3v) is 9.39. The molecule has 4 aliphatic heterocycles. The van der Waals surface area contributed by atoms with E-state index < -0.39 is 29.3 Å². The second kappa shape index (κ2) is 6.99. The van der Waals surface area contributed by atoms with Gasteiger partial charge in [-0.2, -0.15) is 0 Å². The van der Waals surface area contributed by atoms with Crippen molar-refractivity contribution in [1.82, 2.24) is 4.90 Å². The Labute approximate surface area is 200 Å². The Balaban J connectivity index is 1.56. The van der Waals surface area contributed by atoms with Crippen LogP contribution in [-0.4, -0.2) is 48.3 Å². The molecule has 5 heterocycles. The minimum atomic E-state index is -1.22. The normalized spacial score (nSPS) is 29.6. The molecule has 3 fully saturated rings. The number of carbonyl (C=O) groups is 4. The minimum absolute atomic E-state index is 0.201. The van der Waals surface area contributed by atoms with Gasteiger partial charge in [0.05, 0.1) is 24.5 Å². The number of benzene rings is 1. The van der Waals surface area contributed by atoms with Gasteiger partial charge >= 0.3 is 5.97 Å². The van der Waals surface area contributed by atoms with E-state index in [0.29, 0.717) is 17.1 Å². The number of nitrogens with zero attached hydrogens (tertiary/aromatic N) is 2. The molecule has 1 spiro atoms. The highest BCUT2D eigenvalue weighted by molar-refractivity contribution is 7.17. The number of ether oxygens (including phenoxy) is 1. The smallest absolute Gasteiger partial charge is 0.341 e. The van der Waals surface area contributed by atoms with Crippen LogP contribution in [0.3, 0.4) is 0 Å². The number of methoxy groups -OCH3 is 1. The van der Waals surface area contributed by atoms with E-state index in [-0.39, 0.29) is 23.4 Å². The molecule has 2 aromatic rings. The van der Waals surface area contributed by atoms with Crippen molar-refractivity contribution >= 4 is 45.7 Å². The van der Waals surface area contributed by atoms with Crippen molar-refractivity contribution in [3.8, 4) is 0 Å². The molecule has 3 amide bonds. The molecule has 8 nitrogen and oxygen atoms in total. The van der Waals surface area contributed by atoms with Crippen LogP contribution in [0.1, 0.15) is 44.8 Å². The Bertz CT molecular complexity index is 1320. The van der Waals surface area contributed by atoms with Crippen LogP contribution in [0.4, 0.5) is 10.7 Å². The molecule has 0 saturated carbocycles. The van der Waals surface area contributed by atoms with Crippen molar-refractivity contribution in [2.24, 2.45) is 11.8 Å². The van der Waals surface area contributed by atoms with Crippen LogP contribution in [0.15, 0.2) is 18.2 Å². The van der Waals surface area contributed by atoms with Gasteiger partial charge in [-0.15, -0.1) is 11.3 Å². The predicted molar refractivity (Wildman–Crippen MR) is 126 cm³/mol. The van der Waals surface area contributed by atoms with Crippen molar-refractivity contribution in [3.05, 3.63) is 45.3 Å². The van der Waals surface area contributed by atoms with Crippen molar-refractivity contribution in [2.75, 3.05) is 23.9 Å². The van der Waals surface area contributed by atoms with Gasteiger partial charge in [-0.05, 0) is 51.3 Å². The Morgan fingerprint density at radius 3 is 2.68 bits per heavy atom. The fraction of sp³-hybridized carbons (Fsp3) is 0.440. The number of hydrogen-bond donors (Lipinski definition) is 1. The maximum Gasteiger partial charge on any atom is 0.341 e. The highest BCUT2D eigenvalue weighted by Crippen LogP contribution is 2.61. The molecule has 9 heteroatoms. The standard InChI is InChI=1S/C25H25N3O5S/c1-11-7-5-8-14-19(11)26-24(32)25(14)18-17(15-9-6-10-27(15)25)20(29)28(21(18)30)22-16(23(31)33-4)12(2)13(3)34-22/h5,7-8,15,17-18H,6,9-10H2,1-4H3,(H,26,32)/t15-,17-,18-,25+/m1/s1. The lowest BCUT2D eigenvalue weighted by Gasteiger charge is -2.36. The predicted octanol–water partition coefficient (Wildman–Crippen LogP) is 2.89. The van der Waals surface area contributed by atoms with Crippen LogP contribution >= 0.6 is 11.3 Å². The van der Waals surface area contributed by atoms with Crippen LogP contribution in [0.25, 0.3) is 0 Å². The summed E-state index contributed by atoms with van der Waals surface area (Å²) in [7, 11) is 1.29. The maximum atomic E-state index is 14.2. The number of esters is 1. The van der Waals surface area contributed by atoms with Gasteiger partial charge in [-0.1, -0.05) is 18.2 Å². The lowest BCUT2D eigenvalue weighted by atomic mass is 9.75. The van der Waals surface area contributed by atoms with Crippen LogP contribution < -0.4 is 10.2 Å². The molecule has 3 saturated heterocycles. The molecule has 0 aliphatic carbocycles. The first-order chi connectivity index (χ1) is 16.2. The molecular weight excluding hydrogens is 454 g/mol. The van der Waals surface area contributed by atoms with Gasteiger partial charge < -0.3 is 10.1 Å². The number of thiophene rings is 1. The number of carbonyl (C=O) groups excluding carboxylic acids is 4. The van der Waals surface area contributed by atoms with Gasteiger partial charge in [0.25, 0.3) is 0 Å². The summed E-state index contributed by atoms with van der Waals surface area (Å²) in [5.41, 5.74) is 2.15. The van der Waals surface area contributed by atoms with E-state index in [2.05, 4.69) is 10.2 Å². The van der Waals surface area contributed by atoms with E-state index >= 15 is 0 Å². The van der Waals surface area contributed by atoms with Crippen molar-refractivity contribution in [3.63, 3.8) is 0 Å². The molecule has 176 valence electrons. The second-order valence-electron chi connectivity index (χ2n) is 9.59. The van der Waals surface area contributed by atoms with Gasteiger partial charge in [-0.25, -0.2) is 9.69 Å². The first-order valence-electron chi connectivity index (χ1n) is 11.5. The number of anilines is 2. The van der Waals surface area contributed by atoms with Gasteiger partial charge in [0.1, 0.15) is 10.5 Å². The lowest BCUT2D eigenvalue weighted by Crippen LogP contribution is -2.54. The summed E-state index contributed by atoms with van der Waals surface area (Å²) in [4.78, 5) is 58.6. The summed E-state index contributed by atoms with van der Waals surface area (Å²) in [6.45, 7) is 6.23. The summed E-state index contributed by atoms with van der Waals surface area (Å²) in [5, 5.41) is 3.33. The summed E-state index contributed by atoms with van der Waals surface area (Å²) in [6, 6.07) is 5.53. The molecule has 34 heavy (non-hydrogen) atoms. The zero-order valence-electron chi connectivity index (χ0n) is 19.4. The van der Waals surface area contributed by atoms with Gasteiger partial charge in [-0.3, -0.25) is 19.3 Å². The second-order valence-corrected chi connectivity index (χ2v) is 10.8. The highest BCUT2D eigenvalue weighted by atomic mass is 32.1. The van der Waals surface area contributed by atoms with Gasteiger partial charge in [0, 0.05) is 22.2 Å². The number of rotatable bonds is 2. The number of fused-ring (bicyclic) bond motifs is 7. The van der Waals surface area contributed by atoms with E-state index in [9.17, 15) is 19.2 Å². The summed E-state index contributed by atoms with van der Waals surface area (Å²) < 4.78 is 4.98. The Kier molecular flexibility index (Phi) is 4.42. The van der Waals surface area contributed by atoms with Crippen molar-refractivity contribution in [2.45, 2.75) is 45.2 Å². The SMILES string of the molecule is COC(=O)c1c(N2C(=O)[C@@H]3[C@H]4CCCN4[C@]4(C(=O)Nc5c(C)cccc54)[C@H]3C2=O)sc(C)c1C. The van der Waals surface area contributed by atoms with E-state index in [1.807, 2.05) is 32.0 Å². The molecular formula is C25H25N3O5S. The molecule has 0 bridgehead atoms. The topological polar surface area (TPSA) is 96.0 Å². The zero-order valence-corrected chi connectivity index (χ0v) is 20.2. The number of para-hydroxylation sites is 1. The van der Waals surface area contributed by atoms with Crippen LogP contribution in [0.5, 0.6) is 0 Å². The van der Waals surface area contributed by atoms with Crippen molar-refractivity contribution in [1.29, 1.82) is 0 Å². The van der Waals surface area contributed by atoms with E-state index in [4.69, 9.17) is 4.74 Å². The molecule has 1 aromatic heterocycles. The first-order valence-corrected chi connectivity index (χ1v) is 12.3. The number of amides is 3. The van der Waals surface area contributed by atoms with E-state index in [0.717, 1.165) is 34.5 Å². The Morgan fingerprint density at radius 1 is 1.18 bits per heavy atom. The molecule has 6 rings (SSSR count). The Morgan fingerprint density at radius 2 is 1.94 bits per heavy atom. The van der Waals surface area contributed by atoms with Crippen LogP contribution in [0, 0.1) is 32.6 Å². The monoisotopic (exact) mass is 479 g/mol. The summed E-state index contributed by atoms with van der Waals surface area (Å²) in [5.74, 6) is -3.05. The zero-order chi connectivity index (χ0) is 24.1. The molecule has 4 aliphatic rings. The average molecular weight is 480 g/mol. The molecule has 1 aromatic carbocycles. The lowest BCUT2D eigenvalue weighted by molar-refractivity contribution is -0.135. The van der Waals surface area contributed by atoms with Crippen LogP contribution in [0.2, 0.25) is 0 Å².